The van der Waals surface area contributed by atoms with Crippen LogP contribution in [-0.2, 0) is 55.6 Å². The average Bonchev–Trinajstić information content (AvgIpc) is 1.71. The first-order valence-electron chi connectivity index (χ1n) is 30.0. The number of aliphatic hydroxyl groups is 1. The number of aryl methyl sites for hydroxylation is 1. The zero-order valence-corrected chi connectivity index (χ0v) is 53.7. The highest BCUT2D eigenvalue weighted by Gasteiger charge is 2.45. The van der Waals surface area contributed by atoms with Crippen molar-refractivity contribution in [1.82, 2.24) is 40.3 Å². The van der Waals surface area contributed by atoms with Crippen LogP contribution in [0.25, 0.3) is 21.6 Å². The van der Waals surface area contributed by atoms with E-state index in [4.69, 9.17) is 29.4 Å². The minimum Gasteiger partial charge on any atom is -0.391 e. The zero-order valence-electron chi connectivity index (χ0n) is 52.9. The van der Waals surface area contributed by atoms with E-state index < -0.39 is 70.3 Å². The van der Waals surface area contributed by atoms with Crippen molar-refractivity contribution in [3.63, 3.8) is 0 Å². The van der Waals surface area contributed by atoms with Crippen molar-refractivity contribution in [2.45, 2.75) is 105 Å². The maximum absolute atomic E-state index is 15.3. The van der Waals surface area contributed by atoms with E-state index >= 15 is 4.39 Å². The number of ether oxygens (including phenoxy) is 5. The molecule has 2 aliphatic rings. The van der Waals surface area contributed by atoms with Gasteiger partial charge < -0.3 is 65.2 Å². The summed E-state index contributed by atoms with van der Waals surface area (Å²) in [6, 6.07) is 10.5. The van der Waals surface area contributed by atoms with Gasteiger partial charge in [-0.3, -0.25) is 28.9 Å². The van der Waals surface area contributed by atoms with Crippen molar-refractivity contribution < 1.29 is 74.7 Å². The van der Waals surface area contributed by atoms with Gasteiger partial charge in [0.2, 0.25) is 29.6 Å². The summed E-state index contributed by atoms with van der Waals surface area (Å²) in [6.45, 7) is 20.2. The number of hydrogen-bond donors (Lipinski definition) is 5. The Hall–Kier alpha value is -7.31. The molecule has 0 unspecified atom stereocenters. The minimum atomic E-state index is -4.96. The Morgan fingerprint density at radius 2 is 1.37 bits per heavy atom. The summed E-state index contributed by atoms with van der Waals surface area (Å²) in [6.07, 6.45) is -3.13. The molecule has 3 aromatic carbocycles. The number of likely N-dealkylation sites (N-methyl/N-ethyl adjacent to an activating group) is 2. The number of β-amino-alcohol motifs (C(OH)–C–C–N with tert-alkyl or cyclic N) is 1. The number of likely N-dealkylation sites (tertiary alicyclic amines) is 1. The van der Waals surface area contributed by atoms with Crippen LogP contribution in [0.3, 0.4) is 0 Å². The van der Waals surface area contributed by atoms with Gasteiger partial charge in [-0.25, -0.2) is 23.7 Å². The Morgan fingerprint density at radius 3 is 1.92 bits per heavy atom. The zero-order chi connectivity index (χ0) is 66.6. The first-order chi connectivity index (χ1) is 43.2. The lowest BCUT2D eigenvalue weighted by Gasteiger charge is -2.44. The predicted molar refractivity (Wildman–Crippen MR) is 334 cm³/mol. The van der Waals surface area contributed by atoms with E-state index in [1.54, 1.807) is 16.2 Å². The molecule has 7 rings (SSSR count). The number of nitrogens with two attached hydrogens (primary N) is 1. The van der Waals surface area contributed by atoms with Crippen molar-refractivity contribution >= 4 is 58.2 Å². The number of aromatic nitrogens is 3. The largest absolute Gasteiger partial charge is 0.417 e. The maximum atomic E-state index is 15.3. The summed E-state index contributed by atoms with van der Waals surface area (Å²) in [5.74, 6) is -4.24. The topological polar surface area (TPSA) is 265 Å². The standard InChI is InChI=1S/C38H59N5O10S.C25H25F5N6O/c1-7-42(8-2)33(46)25-53-20-18-51-16-14-49-13-15-50-17-19-52-24-32(45)41-35(38(4,5)6)37(48)43-23-30(44)21-31(43)36(47)39-22-28-9-11-29(12-10-28)34-27(3)40-26-54-34;1-13-11-36(12-14(2)35(13)3)22-8-20(27)18(15-9-32-24(31)33-10-15)7-21(22)34-23(37)17-5-4-16(26)6-19(17)25(28,29)30/h9-12,26,30-31,35,44H,7-8,13-25H2,1-6H3,(H,39,47)(H,41,45);4-10,13-14H,11-12H2,1-3H3,(H,34,37)(H2,31,32,33)/t30-,31+,35-;13-,14+/m1./s1. The van der Waals surface area contributed by atoms with E-state index in [2.05, 4.69) is 35.8 Å². The quantitative estimate of drug-likeness (QED) is 0.0250. The number of nitrogen functional groups attached to an aromatic ring is 1. The fourth-order valence-corrected chi connectivity index (χ4v) is 10.9. The molecule has 498 valence electrons. The van der Waals surface area contributed by atoms with Crippen LogP contribution >= 0.6 is 11.3 Å². The fraction of sp³-hybridized carbons (Fsp3) is 0.524. The van der Waals surface area contributed by atoms with Gasteiger partial charge >= 0.3 is 6.18 Å². The van der Waals surface area contributed by atoms with E-state index in [9.17, 15) is 46.6 Å². The second-order valence-electron chi connectivity index (χ2n) is 23.0. The molecule has 2 fully saturated rings. The molecular weight excluding hydrogens is 1210 g/mol. The molecule has 2 aromatic heterocycles. The van der Waals surface area contributed by atoms with Gasteiger partial charge in [0.1, 0.15) is 36.9 Å². The Morgan fingerprint density at radius 1 is 0.791 bits per heavy atom. The molecule has 2 saturated heterocycles. The van der Waals surface area contributed by atoms with Crippen LogP contribution in [0.2, 0.25) is 0 Å². The highest BCUT2D eigenvalue weighted by molar-refractivity contribution is 7.13. The number of alkyl halides is 3. The van der Waals surface area contributed by atoms with Gasteiger partial charge in [-0.05, 0) is 88.5 Å². The molecule has 4 heterocycles. The van der Waals surface area contributed by atoms with Crippen molar-refractivity contribution in [3.8, 4) is 21.6 Å². The van der Waals surface area contributed by atoms with Gasteiger partial charge in [-0.2, -0.15) is 13.2 Å². The molecule has 5 atom stereocenters. The van der Waals surface area contributed by atoms with Crippen LogP contribution in [0.1, 0.15) is 82.1 Å². The molecule has 28 heteroatoms. The van der Waals surface area contributed by atoms with Gasteiger partial charge in [-0.15, -0.1) is 11.3 Å². The Bertz CT molecular complexity index is 3180. The number of piperazine rings is 1. The number of carbonyl (C=O) groups is 5. The van der Waals surface area contributed by atoms with E-state index in [1.807, 2.05) is 97.1 Å². The Balaban J connectivity index is 0.000000309. The second-order valence-corrected chi connectivity index (χ2v) is 23.9. The third kappa shape index (κ3) is 21.4. The minimum absolute atomic E-state index is 0.0115. The van der Waals surface area contributed by atoms with Gasteiger partial charge in [0, 0.05) is 81.3 Å². The summed E-state index contributed by atoms with van der Waals surface area (Å²) in [4.78, 5) is 85.1. The molecule has 5 amide bonds. The van der Waals surface area contributed by atoms with Gasteiger partial charge in [0.25, 0.3) is 5.91 Å². The number of rotatable bonds is 28. The van der Waals surface area contributed by atoms with E-state index in [0.29, 0.717) is 71.5 Å². The Labute approximate surface area is 531 Å². The third-order valence-electron chi connectivity index (χ3n) is 15.3. The van der Waals surface area contributed by atoms with Crippen LogP contribution in [0.4, 0.5) is 39.3 Å². The molecule has 0 aliphatic carbocycles. The van der Waals surface area contributed by atoms with Crippen molar-refractivity contribution in [2.24, 2.45) is 5.41 Å². The van der Waals surface area contributed by atoms with E-state index in [1.165, 1.54) is 29.4 Å². The number of anilines is 3. The lowest BCUT2D eigenvalue weighted by molar-refractivity contribution is -0.144. The summed E-state index contributed by atoms with van der Waals surface area (Å²) in [7, 11) is 1.97. The van der Waals surface area contributed by atoms with Crippen LogP contribution in [-0.4, -0.2) is 200 Å². The van der Waals surface area contributed by atoms with Crippen molar-refractivity contribution in [3.05, 3.63) is 107 Å². The SMILES string of the molecule is CCN(CC)C(=O)COCCOCCOCCOCCOCC(=O)N[C@H](C(=O)N1C[C@H](O)C[C@H]1C(=O)NCc1ccc(-c2scnc2C)cc1)C(C)(C)C.C[C@@H]1CN(c2cc(F)c(-c3cnc(N)nc3)cc2NC(=O)c2ccc(F)cc2C(F)(F)F)C[C@H](C)N1C. The second kappa shape index (κ2) is 34.4. The molecule has 0 saturated carbocycles. The number of nitrogens with one attached hydrogen (secondary N) is 3. The van der Waals surface area contributed by atoms with Gasteiger partial charge in [0.05, 0.1) is 97.5 Å². The molecule has 6 N–H and O–H groups in total. The lowest BCUT2D eigenvalue weighted by Crippen LogP contribution is -2.58. The number of thiazole rings is 1. The molecule has 91 heavy (non-hydrogen) atoms. The highest BCUT2D eigenvalue weighted by Crippen LogP contribution is 2.38. The molecule has 2 aliphatic heterocycles. The van der Waals surface area contributed by atoms with Crippen LogP contribution < -0.4 is 26.6 Å². The molecule has 0 bridgehead atoms. The number of carbonyl (C=O) groups excluding carboxylic acids is 5. The monoisotopic (exact) mass is 1300 g/mol. The number of benzene rings is 3. The number of hydrogen-bond acceptors (Lipinski definition) is 18. The van der Waals surface area contributed by atoms with Crippen LogP contribution in [0.5, 0.6) is 0 Å². The maximum Gasteiger partial charge on any atom is 0.417 e. The van der Waals surface area contributed by atoms with E-state index in [0.717, 1.165) is 33.8 Å². The molecule has 5 aromatic rings. The first kappa shape index (κ1) is 72.7. The molecule has 0 spiro atoms. The number of amides is 5. The summed E-state index contributed by atoms with van der Waals surface area (Å²) >= 11 is 1.57. The fourth-order valence-electron chi connectivity index (χ4n) is 10.1. The van der Waals surface area contributed by atoms with Crippen molar-refractivity contribution in [2.75, 3.05) is 122 Å². The lowest BCUT2D eigenvalue weighted by atomic mass is 9.85. The van der Waals surface area contributed by atoms with Crippen LogP contribution in [0.15, 0.2) is 72.5 Å². The summed E-state index contributed by atoms with van der Waals surface area (Å²) in [5, 5.41) is 18.7. The normalized spacial score (nSPS) is 17.3. The predicted octanol–water partition coefficient (Wildman–Crippen LogP) is 6.98. The summed E-state index contributed by atoms with van der Waals surface area (Å²) in [5.41, 5.74) is 8.03. The number of nitrogens with zero attached hydrogens (tertiary/aromatic N) is 7. The molecular formula is C63H84F5N11O11S. The first-order valence-corrected chi connectivity index (χ1v) is 30.9. The van der Waals surface area contributed by atoms with Gasteiger partial charge in [-0.1, -0.05) is 45.0 Å². The number of halogens is 5. The highest BCUT2D eigenvalue weighted by atomic mass is 32.1. The van der Waals surface area contributed by atoms with Crippen LogP contribution in [0, 0.1) is 24.0 Å². The van der Waals surface area contributed by atoms with E-state index in [-0.39, 0.29) is 98.7 Å². The van der Waals surface area contributed by atoms with Crippen molar-refractivity contribution in [1.29, 1.82) is 0 Å². The Kier molecular flexibility index (Phi) is 27.5. The average molecular weight is 1300 g/mol. The number of aliphatic hydroxyl groups excluding tert-OH is 1. The molecule has 22 nitrogen and oxygen atoms in total. The summed E-state index contributed by atoms with van der Waals surface area (Å²) < 4.78 is 96.8. The van der Waals surface area contributed by atoms with Gasteiger partial charge in [0.15, 0.2) is 0 Å². The molecule has 0 radical (unpaired) electrons. The third-order valence-corrected chi connectivity index (χ3v) is 16.3. The smallest absolute Gasteiger partial charge is 0.391 e.